The van der Waals surface area contributed by atoms with Crippen LogP contribution in [-0.4, -0.2) is 7.11 Å². The fourth-order valence-electron chi connectivity index (χ4n) is 1.73. The van der Waals surface area contributed by atoms with E-state index >= 15 is 0 Å². The molecule has 0 amide bonds. The van der Waals surface area contributed by atoms with Crippen molar-refractivity contribution in [1.82, 2.24) is 0 Å². The minimum atomic E-state index is 0.557. The van der Waals surface area contributed by atoms with E-state index in [2.05, 4.69) is 22.0 Å². The van der Waals surface area contributed by atoms with E-state index in [-0.39, 0.29) is 0 Å². The Morgan fingerprint density at radius 3 is 2.75 bits per heavy atom. The zero-order valence-corrected chi connectivity index (χ0v) is 13.3. The van der Waals surface area contributed by atoms with Crippen LogP contribution in [0.15, 0.2) is 45.8 Å². The number of nitrogens with two attached hydrogens (primary N) is 1. The summed E-state index contributed by atoms with van der Waals surface area (Å²) in [6.45, 7) is 0. The molecule has 20 heavy (non-hydrogen) atoms. The Labute approximate surface area is 130 Å². The summed E-state index contributed by atoms with van der Waals surface area (Å²) in [5.74, 6) is 1.39. The number of hydrogen-bond donors (Lipinski definition) is 1. The van der Waals surface area contributed by atoms with Crippen molar-refractivity contribution in [3.63, 3.8) is 0 Å². The lowest BCUT2D eigenvalue weighted by Crippen LogP contribution is -1.90. The monoisotopic (exact) mass is 348 g/mol. The SMILES string of the molecule is COc1ccc(CSc2ccc(N)cc2Br)cc1C#N. The normalized spacial score (nSPS) is 10.1. The summed E-state index contributed by atoms with van der Waals surface area (Å²) in [6.07, 6.45) is 0. The summed E-state index contributed by atoms with van der Waals surface area (Å²) in [5.41, 5.74) is 8.09. The van der Waals surface area contributed by atoms with Crippen molar-refractivity contribution >= 4 is 33.4 Å². The third-order valence-electron chi connectivity index (χ3n) is 2.73. The van der Waals surface area contributed by atoms with Crippen molar-refractivity contribution in [3.05, 3.63) is 52.0 Å². The third kappa shape index (κ3) is 3.47. The van der Waals surface area contributed by atoms with E-state index in [9.17, 15) is 0 Å². The Balaban J connectivity index is 2.13. The molecule has 2 aromatic carbocycles. The lowest BCUT2D eigenvalue weighted by molar-refractivity contribution is 0.413. The Kier molecular flexibility index (Phi) is 4.94. The molecule has 102 valence electrons. The number of hydrogen-bond acceptors (Lipinski definition) is 4. The lowest BCUT2D eigenvalue weighted by Gasteiger charge is -2.07. The van der Waals surface area contributed by atoms with Gasteiger partial charge in [-0.05, 0) is 51.8 Å². The number of ether oxygens (including phenoxy) is 1. The van der Waals surface area contributed by atoms with E-state index in [1.807, 2.05) is 36.4 Å². The van der Waals surface area contributed by atoms with Crippen molar-refractivity contribution in [2.24, 2.45) is 0 Å². The molecule has 2 aromatic rings. The molecule has 0 heterocycles. The predicted octanol–water partition coefficient (Wildman–Crippen LogP) is 4.20. The highest BCUT2D eigenvalue weighted by Gasteiger charge is 2.06. The van der Waals surface area contributed by atoms with Gasteiger partial charge in [0.25, 0.3) is 0 Å². The standard InChI is InChI=1S/C15H13BrN2OS/c1-19-14-4-2-10(6-11(14)8-17)9-20-15-5-3-12(18)7-13(15)16/h2-7H,9,18H2,1H3. The molecule has 0 saturated heterocycles. The summed E-state index contributed by atoms with van der Waals surface area (Å²) in [6, 6.07) is 13.5. The van der Waals surface area contributed by atoms with Crippen LogP contribution in [0.3, 0.4) is 0 Å². The Morgan fingerprint density at radius 1 is 1.30 bits per heavy atom. The second-order valence-electron chi connectivity index (χ2n) is 4.12. The van der Waals surface area contributed by atoms with Crippen LogP contribution in [0.2, 0.25) is 0 Å². The summed E-state index contributed by atoms with van der Waals surface area (Å²) in [7, 11) is 1.57. The van der Waals surface area contributed by atoms with Crippen molar-refractivity contribution in [2.75, 3.05) is 12.8 Å². The molecule has 0 radical (unpaired) electrons. The minimum Gasteiger partial charge on any atom is -0.495 e. The molecule has 0 aliphatic carbocycles. The first kappa shape index (κ1) is 14.8. The minimum absolute atomic E-state index is 0.557. The number of nitrogens with zero attached hydrogens (tertiary/aromatic N) is 1. The Bertz CT molecular complexity index is 667. The number of thioether (sulfide) groups is 1. The Hall–Kier alpha value is -1.64. The average Bonchev–Trinajstić information content (AvgIpc) is 2.46. The van der Waals surface area contributed by atoms with Gasteiger partial charge in [-0.3, -0.25) is 0 Å². The molecule has 0 fully saturated rings. The van der Waals surface area contributed by atoms with Gasteiger partial charge >= 0.3 is 0 Å². The van der Waals surface area contributed by atoms with Gasteiger partial charge in [0.05, 0.1) is 12.7 Å². The average molecular weight is 349 g/mol. The summed E-state index contributed by atoms with van der Waals surface area (Å²) in [4.78, 5) is 1.12. The maximum atomic E-state index is 9.08. The quantitative estimate of drug-likeness (QED) is 0.664. The number of anilines is 1. The van der Waals surface area contributed by atoms with Crippen molar-refractivity contribution < 1.29 is 4.74 Å². The molecule has 0 bridgehead atoms. The second kappa shape index (κ2) is 6.69. The van der Waals surface area contributed by atoms with Gasteiger partial charge < -0.3 is 10.5 Å². The van der Waals surface area contributed by atoms with E-state index < -0.39 is 0 Å². The summed E-state index contributed by atoms with van der Waals surface area (Å²) >= 11 is 5.19. The maximum Gasteiger partial charge on any atom is 0.136 e. The van der Waals surface area contributed by atoms with Gasteiger partial charge in [0.1, 0.15) is 11.8 Å². The first-order chi connectivity index (χ1) is 9.63. The fraction of sp³-hybridized carbons (Fsp3) is 0.133. The smallest absolute Gasteiger partial charge is 0.136 e. The van der Waals surface area contributed by atoms with Crippen LogP contribution in [0.5, 0.6) is 5.75 Å². The molecule has 2 rings (SSSR count). The van der Waals surface area contributed by atoms with E-state index in [1.54, 1.807) is 18.9 Å². The fourth-order valence-corrected chi connectivity index (χ4v) is 3.33. The van der Waals surface area contributed by atoms with Gasteiger partial charge in [-0.2, -0.15) is 5.26 Å². The Morgan fingerprint density at radius 2 is 2.10 bits per heavy atom. The largest absolute Gasteiger partial charge is 0.495 e. The lowest BCUT2D eigenvalue weighted by atomic mass is 10.1. The van der Waals surface area contributed by atoms with Crippen LogP contribution in [0.1, 0.15) is 11.1 Å². The van der Waals surface area contributed by atoms with Crippen LogP contribution in [0, 0.1) is 11.3 Å². The van der Waals surface area contributed by atoms with Gasteiger partial charge in [0, 0.05) is 20.8 Å². The topological polar surface area (TPSA) is 59.0 Å². The molecule has 3 nitrogen and oxygen atoms in total. The number of nitrogen functional groups attached to an aromatic ring is 1. The molecule has 2 N–H and O–H groups in total. The van der Waals surface area contributed by atoms with E-state index in [0.717, 1.165) is 26.4 Å². The molecule has 0 atom stereocenters. The van der Waals surface area contributed by atoms with Gasteiger partial charge in [-0.25, -0.2) is 0 Å². The van der Waals surface area contributed by atoms with Crippen LogP contribution in [0.4, 0.5) is 5.69 Å². The molecule has 0 unspecified atom stereocenters. The highest BCUT2D eigenvalue weighted by molar-refractivity contribution is 9.10. The van der Waals surface area contributed by atoms with Crippen molar-refractivity contribution in [3.8, 4) is 11.8 Å². The zero-order chi connectivity index (χ0) is 14.5. The van der Waals surface area contributed by atoms with E-state index in [0.29, 0.717) is 11.3 Å². The van der Waals surface area contributed by atoms with E-state index in [4.69, 9.17) is 15.7 Å². The van der Waals surface area contributed by atoms with Crippen LogP contribution >= 0.6 is 27.7 Å². The predicted molar refractivity (Wildman–Crippen MR) is 85.8 cm³/mol. The zero-order valence-electron chi connectivity index (χ0n) is 10.9. The number of nitriles is 1. The van der Waals surface area contributed by atoms with Gasteiger partial charge in [0.2, 0.25) is 0 Å². The van der Waals surface area contributed by atoms with Crippen molar-refractivity contribution in [2.45, 2.75) is 10.6 Å². The summed E-state index contributed by atoms with van der Waals surface area (Å²) in [5, 5.41) is 9.08. The van der Waals surface area contributed by atoms with Gasteiger partial charge in [-0.1, -0.05) is 6.07 Å². The maximum absolute atomic E-state index is 9.08. The van der Waals surface area contributed by atoms with Crippen LogP contribution in [-0.2, 0) is 5.75 Å². The van der Waals surface area contributed by atoms with Crippen molar-refractivity contribution in [1.29, 1.82) is 5.26 Å². The molecular formula is C15H13BrN2OS. The number of benzene rings is 2. The highest BCUT2D eigenvalue weighted by Crippen LogP contribution is 2.32. The molecule has 0 aromatic heterocycles. The third-order valence-corrected chi connectivity index (χ3v) is 4.80. The molecule has 0 spiro atoms. The molecule has 5 heteroatoms. The first-order valence-corrected chi connectivity index (χ1v) is 7.66. The number of methoxy groups -OCH3 is 1. The van der Waals surface area contributed by atoms with Gasteiger partial charge in [0.15, 0.2) is 0 Å². The number of halogens is 1. The second-order valence-corrected chi connectivity index (χ2v) is 6.00. The highest BCUT2D eigenvalue weighted by atomic mass is 79.9. The van der Waals surface area contributed by atoms with E-state index in [1.165, 1.54) is 0 Å². The summed E-state index contributed by atoms with van der Waals surface area (Å²) < 4.78 is 6.12. The van der Waals surface area contributed by atoms with Gasteiger partial charge in [-0.15, -0.1) is 11.8 Å². The molecule has 0 aliphatic heterocycles. The number of rotatable bonds is 4. The first-order valence-electron chi connectivity index (χ1n) is 5.89. The van der Waals surface area contributed by atoms with Crippen LogP contribution < -0.4 is 10.5 Å². The molecular weight excluding hydrogens is 336 g/mol. The molecule has 0 saturated carbocycles. The van der Waals surface area contributed by atoms with Crippen LogP contribution in [0.25, 0.3) is 0 Å². The molecule has 0 aliphatic rings.